The molecular formula is C22H26N4O3. The number of methoxy groups -OCH3 is 1. The van der Waals surface area contributed by atoms with Crippen molar-refractivity contribution in [3.63, 3.8) is 0 Å². The summed E-state index contributed by atoms with van der Waals surface area (Å²) in [5.41, 5.74) is 1.96. The molecule has 2 aliphatic rings. The minimum absolute atomic E-state index is 0.0429. The highest BCUT2D eigenvalue weighted by molar-refractivity contribution is 5.91. The summed E-state index contributed by atoms with van der Waals surface area (Å²) in [5.74, 6) is 2.75. The Morgan fingerprint density at radius 3 is 2.76 bits per heavy atom. The predicted octanol–water partition coefficient (Wildman–Crippen LogP) is 3.92. The second-order valence-corrected chi connectivity index (χ2v) is 8.04. The van der Waals surface area contributed by atoms with Gasteiger partial charge in [0.1, 0.15) is 23.7 Å². The van der Waals surface area contributed by atoms with E-state index in [1.54, 1.807) is 19.2 Å². The molecule has 0 N–H and O–H groups in total. The van der Waals surface area contributed by atoms with Crippen LogP contribution in [0.5, 0.6) is 0 Å². The first-order chi connectivity index (χ1) is 14.2. The summed E-state index contributed by atoms with van der Waals surface area (Å²) in [6.07, 6.45) is 7.35. The van der Waals surface area contributed by atoms with Crippen LogP contribution in [0.4, 0.5) is 0 Å². The summed E-state index contributed by atoms with van der Waals surface area (Å²) in [6.45, 7) is 1.79. The van der Waals surface area contributed by atoms with Crippen molar-refractivity contribution in [3.05, 3.63) is 47.8 Å². The van der Waals surface area contributed by atoms with Crippen molar-refractivity contribution in [3.8, 4) is 0 Å². The van der Waals surface area contributed by atoms with E-state index in [4.69, 9.17) is 14.1 Å². The van der Waals surface area contributed by atoms with Crippen LogP contribution in [-0.2, 0) is 11.3 Å². The average Bonchev–Trinajstić information content (AvgIpc) is 3.31. The number of pyridine rings is 1. The molecule has 7 heteroatoms. The van der Waals surface area contributed by atoms with Gasteiger partial charge in [0.05, 0.1) is 0 Å². The van der Waals surface area contributed by atoms with Crippen LogP contribution < -0.4 is 0 Å². The average molecular weight is 394 g/mol. The highest BCUT2D eigenvalue weighted by Gasteiger charge is 2.32. The topological polar surface area (TPSA) is 73.4 Å². The van der Waals surface area contributed by atoms with Crippen molar-refractivity contribution < 1.29 is 13.9 Å². The molecule has 5 rings (SSSR count). The number of piperidine rings is 1. The van der Waals surface area contributed by atoms with Gasteiger partial charge in [0.25, 0.3) is 5.91 Å². The van der Waals surface area contributed by atoms with Gasteiger partial charge in [-0.05, 0) is 49.9 Å². The van der Waals surface area contributed by atoms with E-state index in [1.165, 1.54) is 25.1 Å². The van der Waals surface area contributed by atoms with Gasteiger partial charge in [-0.1, -0.05) is 6.42 Å². The largest absolute Gasteiger partial charge is 0.453 e. The van der Waals surface area contributed by atoms with E-state index in [0.29, 0.717) is 43.2 Å². The summed E-state index contributed by atoms with van der Waals surface area (Å²) in [7, 11) is 1.61. The smallest absolute Gasteiger partial charge is 0.289 e. The lowest BCUT2D eigenvalue weighted by molar-refractivity contribution is 0.0654. The zero-order chi connectivity index (χ0) is 19.8. The molecule has 7 nitrogen and oxygen atoms in total. The lowest BCUT2D eigenvalue weighted by atomic mass is 9.84. The number of hydrogen-bond acceptors (Lipinski definition) is 5. The van der Waals surface area contributed by atoms with Crippen molar-refractivity contribution in [2.75, 3.05) is 20.2 Å². The number of carbonyl (C=O) groups excluding carboxylic acids is 1. The van der Waals surface area contributed by atoms with E-state index in [2.05, 4.69) is 9.55 Å². The number of imidazole rings is 1. The Morgan fingerprint density at radius 1 is 1.21 bits per heavy atom. The highest BCUT2D eigenvalue weighted by atomic mass is 16.5. The molecule has 4 heterocycles. The molecule has 0 atom stereocenters. The number of nitrogens with zero attached hydrogens (tertiary/aromatic N) is 4. The fourth-order valence-corrected chi connectivity index (χ4v) is 4.46. The van der Waals surface area contributed by atoms with Crippen molar-refractivity contribution >= 4 is 17.1 Å². The Labute approximate surface area is 169 Å². The quantitative estimate of drug-likeness (QED) is 0.656. The molecular weight excluding hydrogens is 368 g/mol. The van der Waals surface area contributed by atoms with Crippen LogP contribution in [0.1, 0.15) is 66.2 Å². The molecule has 0 bridgehead atoms. The third-order valence-corrected chi connectivity index (χ3v) is 6.22. The maximum atomic E-state index is 12.8. The van der Waals surface area contributed by atoms with Crippen LogP contribution in [0.3, 0.4) is 0 Å². The molecule has 1 saturated carbocycles. The first-order valence-corrected chi connectivity index (χ1v) is 10.4. The van der Waals surface area contributed by atoms with E-state index in [1.807, 2.05) is 23.2 Å². The highest BCUT2D eigenvalue weighted by Crippen LogP contribution is 2.39. The van der Waals surface area contributed by atoms with Crippen molar-refractivity contribution in [2.24, 2.45) is 0 Å². The molecule has 0 aromatic carbocycles. The number of likely N-dealkylation sites (tertiary alicyclic amines) is 1. The number of aromatic nitrogens is 3. The van der Waals surface area contributed by atoms with E-state index >= 15 is 0 Å². The molecule has 0 spiro atoms. The molecule has 0 radical (unpaired) electrons. The molecule has 3 aromatic heterocycles. The predicted molar refractivity (Wildman–Crippen MR) is 108 cm³/mol. The first kappa shape index (κ1) is 18.4. The number of rotatable bonds is 5. The van der Waals surface area contributed by atoms with Gasteiger partial charge >= 0.3 is 0 Å². The second-order valence-electron chi connectivity index (χ2n) is 8.04. The number of ether oxygens (including phenoxy) is 1. The zero-order valence-electron chi connectivity index (χ0n) is 16.7. The normalized spacial score (nSPS) is 18.3. The van der Waals surface area contributed by atoms with Crippen LogP contribution in [0.15, 0.2) is 34.9 Å². The molecule has 0 unspecified atom stereocenters. The van der Waals surface area contributed by atoms with Crippen molar-refractivity contribution in [2.45, 2.75) is 50.7 Å². The summed E-state index contributed by atoms with van der Waals surface area (Å²) < 4.78 is 13.1. The Kier molecular flexibility index (Phi) is 4.83. The van der Waals surface area contributed by atoms with Crippen molar-refractivity contribution in [1.82, 2.24) is 19.4 Å². The van der Waals surface area contributed by atoms with Gasteiger partial charge in [0.15, 0.2) is 11.4 Å². The molecule has 3 aromatic rings. The van der Waals surface area contributed by atoms with Crippen molar-refractivity contribution in [1.29, 1.82) is 0 Å². The lowest BCUT2D eigenvalue weighted by Crippen LogP contribution is -2.39. The number of carbonyl (C=O) groups is 1. The zero-order valence-corrected chi connectivity index (χ0v) is 16.7. The molecule has 1 amide bonds. The van der Waals surface area contributed by atoms with Crippen LogP contribution in [-0.4, -0.2) is 45.5 Å². The maximum absolute atomic E-state index is 12.8. The number of fused-ring (bicyclic) bond motifs is 1. The molecule has 1 saturated heterocycles. The summed E-state index contributed by atoms with van der Waals surface area (Å²) in [4.78, 5) is 24.3. The third kappa shape index (κ3) is 3.33. The Hall–Kier alpha value is -2.67. The fraction of sp³-hybridized carbons (Fsp3) is 0.500. The van der Waals surface area contributed by atoms with Gasteiger partial charge in [-0.25, -0.2) is 9.97 Å². The number of hydrogen-bond donors (Lipinski definition) is 0. The third-order valence-electron chi connectivity index (χ3n) is 6.22. The monoisotopic (exact) mass is 394 g/mol. The molecule has 1 aliphatic heterocycles. The number of amides is 1. The van der Waals surface area contributed by atoms with Crippen LogP contribution in [0, 0.1) is 0 Å². The van der Waals surface area contributed by atoms with E-state index in [0.717, 1.165) is 24.0 Å². The minimum atomic E-state index is -0.0429. The Morgan fingerprint density at radius 2 is 2.03 bits per heavy atom. The molecule has 2 fully saturated rings. The Balaban J connectivity index is 1.33. The van der Waals surface area contributed by atoms with Gasteiger partial charge in [0.2, 0.25) is 0 Å². The standard InChI is InChI=1S/C22H26N4O3/c1-28-14-17-7-8-19(29-17)22(27)25-12-9-16(10-13-25)26-20(15-4-2-5-15)24-18-6-3-11-23-21(18)26/h3,6-8,11,15-16H,2,4-5,9-10,12-14H2,1H3. The first-order valence-electron chi connectivity index (χ1n) is 10.4. The molecule has 152 valence electrons. The maximum Gasteiger partial charge on any atom is 0.289 e. The van der Waals surface area contributed by atoms with E-state index in [9.17, 15) is 4.79 Å². The van der Waals surface area contributed by atoms with Gasteiger partial charge in [-0.15, -0.1) is 0 Å². The van der Waals surface area contributed by atoms with Gasteiger partial charge in [-0.2, -0.15) is 0 Å². The van der Waals surface area contributed by atoms with Crippen LogP contribution >= 0.6 is 0 Å². The summed E-state index contributed by atoms with van der Waals surface area (Å²) in [6, 6.07) is 7.87. The fourth-order valence-electron chi connectivity index (χ4n) is 4.46. The minimum Gasteiger partial charge on any atom is -0.453 e. The molecule has 29 heavy (non-hydrogen) atoms. The summed E-state index contributed by atoms with van der Waals surface area (Å²) >= 11 is 0. The van der Waals surface area contributed by atoms with Gasteiger partial charge in [0, 0.05) is 38.4 Å². The van der Waals surface area contributed by atoms with E-state index < -0.39 is 0 Å². The van der Waals surface area contributed by atoms with Crippen LogP contribution in [0.2, 0.25) is 0 Å². The van der Waals surface area contributed by atoms with Gasteiger partial charge < -0.3 is 18.6 Å². The summed E-state index contributed by atoms with van der Waals surface area (Å²) in [5, 5.41) is 0. The van der Waals surface area contributed by atoms with Crippen LogP contribution in [0.25, 0.3) is 11.2 Å². The SMILES string of the molecule is COCc1ccc(C(=O)N2CCC(n3c(C4CCC4)nc4cccnc43)CC2)o1. The van der Waals surface area contributed by atoms with Gasteiger partial charge in [-0.3, -0.25) is 4.79 Å². The number of furan rings is 1. The van der Waals surface area contributed by atoms with E-state index in [-0.39, 0.29) is 5.91 Å². The lowest BCUT2D eigenvalue weighted by Gasteiger charge is -2.35. The Bertz CT molecular complexity index is 1010. The second kappa shape index (κ2) is 7.63. The molecule has 1 aliphatic carbocycles.